The van der Waals surface area contributed by atoms with E-state index >= 15 is 0 Å². The third kappa shape index (κ3) is 5.65. The molecule has 1 aromatic carbocycles. The Morgan fingerprint density at radius 3 is 2.39 bits per heavy atom. The maximum atomic E-state index is 11.9. The molecule has 0 amide bonds. The van der Waals surface area contributed by atoms with Gasteiger partial charge in [0.2, 0.25) is 0 Å². The molecule has 1 rings (SSSR count). The van der Waals surface area contributed by atoms with Crippen LogP contribution < -0.4 is 5.32 Å². The van der Waals surface area contributed by atoms with Crippen LogP contribution in [0.1, 0.15) is 26.7 Å². The summed E-state index contributed by atoms with van der Waals surface area (Å²) in [6.45, 7) is 5.80. The standard InChI is InChI=1S/C14H23NO2S/c1-13(2)7-6-10-15-11-12-18(16,17)14-8-4-3-5-9-14/h3-5,8-9,13,15H,6-7,10-12H2,1-2H3. The van der Waals surface area contributed by atoms with Crippen molar-refractivity contribution in [2.75, 3.05) is 18.8 Å². The summed E-state index contributed by atoms with van der Waals surface area (Å²) in [7, 11) is -3.13. The average molecular weight is 269 g/mol. The lowest BCUT2D eigenvalue weighted by Crippen LogP contribution is -2.24. The Balaban J connectivity index is 2.27. The minimum Gasteiger partial charge on any atom is -0.316 e. The SMILES string of the molecule is CC(C)CCCNCCS(=O)(=O)c1ccccc1. The first-order valence-corrected chi connectivity index (χ1v) is 8.16. The molecule has 0 aliphatic carbocycles. The van der Waals surface area contributed by atoms with Gasteiger partial charge in [0, 0.05) is 6.54 Å². The van der Waals surface area contributed by atoms with E-state index in [-0.39, 0.29) is 5.75 Å². The van der Waals surface area contributed by atoms with E-state index in [1.54, 1.807) is 24.3 Å². The third-order valence-electron chi connectivity index (χ3n) is 2.78. The topological polar surface area (TPSA) is 46.2 Å². The van der Waals surface area contributed by atoms with Gasteiger partial charge in [-0.1, -0.05) is 32.0 Å². The van der Waals surface area contributed by atoms with Crippen molar-refractivity contribution in [2.24, 2.45) is 5.92 Å². The quantitative estimate of drug-likeness (QED) is 0.738. The lowest BCUT2D eigenvalue weighted by atomic mass is 10.1. The second kappa shape index (κ2) is 7.54. The van der Waals surface area contributed by atoms with Crippen LogP contribution in [-0.4, -0.2) is 27.3 Å². The summed E-state index contributed by atoms with van der Waals surface area (Å²) in [4.78, 5) is 0.411. The van der Waals surface area contributed by atoms with Gasteiger partial charge in [0.05, 0.1) is 10.6 Å². The Labute approximate surface area is 111 Å². The first kappa shape index (κ1) is 15.2. The van der Waals surface area contributed by atoms with Gasteiger partial charge in [-0.25, -0.2) is 8.42 Å². The van der Waals surface area contributed by atoms with Crippen LogP contribution in [-0.2, 0) is 9.84 Å². The second-order valence-corrected chi connectivity index (χ2v) is 7.03. The maximum Gasteiger partial charge on any atom is 0.179 e. The Bertz CT molecular complexity index is 426. The number of hydrogen-bond acceptors (Lipinski definition) is 3. The van der Waals surface area contributed by atoms with Crippen LogP contribution in [0, 0.1) is 5.92 Å². The van der Waals surface area contributed by atoms with Crippen LogP contribution in [0.25, 0.3) is 0 Å². The van der Waals surface area contributed by atoms with Gasteiger partial charge >= 0.3 is 0 Å². The van der Waals surface area contributed by atoms with E-state index in [2.05, 4.69) is 19.2 Å². The molecule has 0 atom stereocenters. The van der Waals surface area contributed by atoms with Crippen molar-refractivity contribution in [2.45, 2.75) is 31.6 Å². The predicted octanol–water partition coefficient (Wildman–Crippen LogP) is 2.49. The lowest BCUT2D eigenvalue weighted by Gasteiger charge is -2.07. The molecule has 1 aromatic rings. The normalized spacial score (nSPS) is 11.9. The molecule has 0 aliphatic rings. The summed E-state index contributed by atoms with van der Waals surface area (Å²) >= 11 is 0. The summed E-state index contributed by atoms with van der Waals surface area (Å²) in [5.74, 6) is 0.874. The number of sulfone groups is 1. The van der Waals surface area contributed by atoms with Crippen molar-refractivity contribution in [3.05, 3.63) is 30.3 Å². The van der Waals surface area contributed by atoms with E-state index in [0.29, 0.717) is 17.4 Å². The van der Waals surface area contributed by atoms with Gasteiger partial charge < -0.3 is 5.32 Å². The van der Waals surface area contributed by atoms with Crippen LogP contribution in [0.5, 0.6) is 0 Å². The number of benzene rings is 1. The van der Waals surface area contributed by atoms with Crippen LogP contribution in [0.4, 0.5) is 0 Å². The van der Waals surface area contributed by atoms with Gasteiger partial charge in [0.25, 0.3) is 0 Å². The van der Waals surface area contributed by atoms with Gasteiger partial charge in [0.1, 0.15) is 0 Å². The minimum absolute atomic E-state index is 0.165. The highest BCUT2D eigenvalue weighted by atomic mass is 32.2. The van der Waals surface area contributed by atoms with Crippen molar-refractivity contribution in [1.29, 1.82) is 0 Å². The summed E-state index contributed by atoms with van der Waals surface area (Å²) in [6.07, 6.45) is 2.28. The molecular formula is C14H23NO2S. The molecule has 0 bridgehead atoms. The molecule has 1 N–H and O–H groups in total. The Morgan fingerprint density at radius 2 is 1.78 bits per heavy atom. The molecule has 0 fully saturated rings. The first-order chi connectivity index (χ1) is 8.52. The highest BCUT2D eigenvalue weighted by molar-refractivity contribution is 7.91. The van der Waals surface area contributed by atoms with Gasteiger partial charge in [-0.05, 0) is 37.4 Å². The highest BCUT2D eigenvalue weighted by Crippen LogP contribution is 2.09. The van der Waals surface area contributed by atoms with Crippen LogP contribution in [0.2, 0.25) is 0 Å². The van der Waals surface area contributed by atoms with E-state index < -0.39 is 9.84 Å². The van der Waals surface area contributed by atoms with Crippen LogP contribution in [0.15, 0.2) is 35.2 Å². The largest absolute Gasteiger partial charge is 0.316 e. The van der Waals surface area contributed by atoms with Crippen molar-refractivity contribution < 1.29 is 8.42 Å². The average Bonchev–Trinajstić information content (AvgIpc) is 2.34. The predicted molar refractivity (Wildman–Crippen MR) is 75.4 cm³/mol. The molecular weight excluding hydrogens is 246 g/mol. The van der Waals surface area contributed by atoms with E-state index in [1.807, 2.05) is 6.07 Å². The van der Waals surface area contributed by atoms with Crippen molar-refractivity contribution >= 4 is 9.84 Å². The monoisotopic (exact) mass is 269 g/mol. The van der Waals surface area contributed by atoms with Gasteiger partial charge in [-0.15, -0.1) is 0 Å². The molecule has 4 heteroatoms. The zero-order valence-corrected chi connectivity index (χ0v) is 12.0. The fourth-order valence-electron chi connectivity index (χ4n) is 1.71. The van der Waals surface area contributed by atoms with Crippen molar-refractivity contribution in [3.8, 4) is 0 Å². The summed E-state index contributed by atoms with van der Waals surface area (Å²) < 4.78 is 23.9. The fourth-order valence-corrected chi connectivity index (χ4v) is 2.93. The molecule has 0 radical (unpaired) electrons. The summed E-state index contributed by atoms with van der Waals surface area (Å²) in [6, 6.07) is 8.62. The van der Waals surface area contributed by atoms with Crippen LogP contribution >= 0.6 is 0 Å². The Morgan fingerprint density at radius 1 is 1.11 bits per heavy atom. The fraction of sp³-hybridized carbons (Fsp3) is 0.571. The van der Waals surface area contributed by atoms with E-state index in [9.17, 15) is 8.42 Å². The number of hydrogen-bond donors (Lipinski definition) is 1. The first-order valence-electron chi connectivity index (χ1n) is 6.51. The van der Waals surface area contributed by atoms with Gasteiger partial charge in [0.15, 0.2) is 9.84 Å². The molecule has 102 valence electrons. The summed E-state index contributed by atoms with van der Waals surface area (Å²) in [5, 5.41) is 3.19. The Hall–Kier alpha value is -0.870. The molecule has 0 saturated heterocycles. The molecule has 0 aliphatic heterocycles. The maximum absolute atomic E-state index is 11.9. The van der Waals surface area contributed by atoms with Gasteiger partial charge in [-0.2, -0.15) is 0 Å². The van der Waals surface area contributed by atoms with E-state index in [1.165, 1.54) is 6.42 Å². The minimum atomic E-state index is -3.13. The summed E-state index contributed by atoms with van der Waals surface area (Å²) in [5.41, 5.74) is 0. The van der Waals surface area contributed by atoms with Crippen molar-refractivity contribution in [1.82, 2.24) is 5.32 Å². The lowest BCUT2D eigenvalue weighted by molar-refractivity contribution is 0.531. The molecule has 0 saturated carbocycles. The van der Waals surface area contributed by atoms with E-state index in [4.69, 9.17) is 0 Å². The molecule has 18 heavy (non-hydrogen) atoms. The molecule has 0 unspecified atom stereocenters. The van der Waals surface area contributed by atoms with Crippen molar-refractivity contribution in [3.63, 3.8) is 0 Å². The molecule has 0 spiro atoms. The third-order valence-corrected chi connectivity index (χ3v) is 4.52. The van der Waals surface area contributed by atoms with E-state index in [0.717, 1.165) is 13.0 Å². The number of nitrogens with one attached hydrogen (secondary N) is 1. The molecule has 0 heterocycles. The van der Waals surface area contributed by atoms with Crippen LogP contribution in [0.3, 0.4) is 0 Å². The second-order valence-electron chi connectivity index (χ2n) is 4.92. The highest BCUT2D eigenvalue weighted by Gasteiger charge is 2.12. The zero-order valence-electron chi connectivity index (χ0n) is 11.2. The zero-order chi connectivity index (χ0) is 13.4. The Kier molecular flexibility index (Phi) is 6.36. The molecule has 0 aromatic heterocycles. The molecule has 3 nitrogen and oxygen atoms in total. The smallest absolute Gasteiger partial charge is 0.179 e. The number of rotatable bonds is 8. The van der Waals surface area contributed by atoms with Gasteiger partial charge in [-0.3, -0.25) is 0 Å².